The normalized spacial score (nSPS) is 32.1. The zero-order valence-corrected chi connectivity index (χ0v) is 17.8. The Hall–Kier alpha value is -2.36. The molecule has 31 heavy (non-hydrogen) atoms. The number of fused-ring (bicyclic) bond motifs is 2. The van der Waals surface area contributed by atoms with Gasteiger partial charge in [0.25, 0.3) is 11.5 Å². The Bertz CT molecular complexity index is 994. The number of carbonyl (C=O) groups is 1. The van der Waals surface area contributed by atoms with E-state index in [0.29, 0.717) is 25.1 Å². The van der Waals surface area contributed by atoms with E-state index < -0.39 is 23.6 Å². The van der Waals surface area contributed by atoms with Crippen LogP contribution in [0.15, 0.2) is 28.8 Å². The van der Waals surface area contributed by atoms with Crippen molar-refractivity contribution in [2.45, 2.75) is 57.4 Å². The molecule has 9 heteroatoms. The summed E-state index contributed by atoms with van der Waals surface area (Å²) < 4.78 is 20.9. The summed E-state index contributed by atoms with van der Waals surface area (Å²) in [5.41, 5.74) is 4.94. The molecule has 8 nitrogen and oxygen atoms in total. The number of amides is 1. The maximum atomic E-state index is 13.5. The third-order valence-corrected chi connectivity index (χ3v) is 6.82. The number of nitrogens with one attached hydrogen (secondary N) is 1. The van der Waals surface area contributed by atoms with Crippen LogP contribution in [0.2, 0.25) is 0 Å². The van der Waals surface area contributed by atoms with Gasteiger partial charge >= 0.3 is 0 Å². The van der Waals surface area contributed by atoms with Crippen molar-refractivity contribution < 1.29 is 19.0 Å². The van der Waals surface area contributed by atoms with Gasteiger partial charge in [-0.3, -0.25) is 14.2 Å². The molecule has 1 aromatic heterocycles. The maximum absolute atomic E-state index is 13.5. The second-order valence-corrected chi connectivity index (χ2v) is 8.92. The van der Waals surface area contributed by atoms with Gasteiger partial charge in [-0.25, -0.2) is 9.37 Å². The summed E-state index contributed by atoms with van der Waals surface area (Å²) in [5.74, 6) is -0.463. The van der Waals surface area contributed by atoms with E-state index in [1.54, 1.807) is 6.08 Å². The number of nitrogens with two attached hydrogens (primary N) is 1. The molecule has 1 saturated heterocycles. The fourth-order valence-electron chi connectivity index (χ4n) is 4.67. The summed E-state index contributed by atoms with van der Waals surface area (Å²) in [4.78, 5) is 30.8. The third kappa shape index (κ3) is 3.86. The highest BCUT2D eigenvalue weighted by Crippen LogP contribution is 2.38. The predicted octanol–water partition coefficient (Wildman–Crippen LogP) is 1.44. The molecule has 1 aromatic rings. The van der Waals surface area contributed by atoms with E-state index in [1.165, 1.54) is 16.7 Å². The van der Waals surface area contributed by atoms with Gasteiger partial charge in [0, 0.05) is 6.54 Å². The van der Waals surface area contributed by atoms with Crippen molar-refractivity contribution in [2.75, 3.05) is 13.2 Å². The van der Waals surface area contributed by atoms with Crippen molar-refractivity contribution >= 4 is 5.91 Å². The smallest absolute Gasteiger partial charge is 0.270 e. The van der Waals surface area contributed by atoms with E-state index in [4.69, 9.17) is 10.5 Å². The molecule has 168 valence electrons. The number of ether oxygens (including phenoxy) is 1. The molecule has 4 heterocycles. The summed E-state index contributed by atoms with van der Waals surface area (Å²) in [6.45, 7) is 3.72. The average molecular weight is 432 g/mol. The first-order valence-corrected chi connectivity index (χ1v) is 10.7. The molecule has 0 radical (unpaired) electrons. The molecule has 1 fully saturated rings. The largest absolute Gasteiger partial charge is 0.391 e. The van der Waals surface area contributed by atoms with E-state index in [1.807, 2.05) is 13.8 Å². The van der Waals surface area contributed by atoms with Crippen LogP contribution in [0.3, 0.4) is 0 Å². The maximum Gasteiger partial charge on any atom is 0.270 e. The van der Waals surface area contributed by atoms with Crippen LogP contribution in [0, 0.1) is 11.8 Å². The second-order valence-electron chi connectivity index (χ2n) is 8.92. The van der Waals surface area contributed by atoms with Crippen molar-refractivity contribution in [1.82, 2.24) is 14.9 Å². The SMILES string of the molecule is CC1CC=C(F)C=CC1CNC(=O)c1nc2n(c(=O)c1CO)C(C)C1CCC2(N)CO1. The van der Waals surface area contributed by atoms with Gasteiger partial charge in [-0.2, -0.15) is 0 Å². The molecule has 4 aliphatic rings. The topological polar surface area (TPSA) is 119 Å². The number of carbonyl (C=O) groups excluding carboxylic acids is 1. The van der Waals surface area contributed by atoms with Crippen LogP contribution >= 0.6 is 0 Å². The fraction of sp³-hybridized carbons (Fsp3) is 0.591. The summed E-state index contributed by atoms with van der Waals surface area (Å²) in [6.07, 6.45) is 6.35. The quantitative estimate of drug-likeness (QED) is 0.662. The van der Waals surface area contributed by atoms with E-state index in [2.05, 4.69) is 10.3 Å². The highest BCUT2D eigenvalue weighted by atomic mass is 19.1. The number of halogens is 1. The first-order chi connectivity index (χ1) is 14.7. The van der Waals surface area contributed by atoms with Gasteiger partial charge in [-0.15, -0.1) is 0 Å². The van der Waals surface area contributed by atoms with Crippen molar-refractivity contribution in [1.29, 1.82) is 0 Å². The fourth-order valence-corrected chi connectivity index (χ4v) is 4.67. The Labute approximate surface area is 180 Å². The number of nitrogens with zero attached hydrogens (tertiary/aromatic N) is 2. The Morgan fingerprint density at radius 2 is 2.26 bits per heavy atom. The summed E-state index contributed by atoms with van der Waals surface area (Å²) in [6, 6.07) is -0.301. The van der Waals surface area contributed by atoms with Gasteiger partial charge < -0.3 is 20.9 Å². The van der Waals surface area contributed by atoms with Crippen LogP contribution < -0.4 is 16.6 Å². The first-order valence-electron chi connectivity index (χ1n) is 10.7. The number of hydrogen-bond acceptors (Lipinski definition) is 6. The highest BCUT2D eigenvalue weighted by molar-refractivity contribution is 5.93. The molecule has 1 amide bonds. The van der Waals surface area contributed by atoms with Crippen LogP contribution in [0.25, 0.3) is 0 Å². The standard InChI is InChI=1S/C22H29FN4O4/c1-12-3-5-15(23)6-4-14(12)9-25-19(29)18-16(10-28)20(30)27-13(2)17-7-8-22(24,11-31-17)21(27)26-18/h4-6,12-14,17,28H,3,7-11,24H2,1-2H3,(H,25,29). The molecule has 1 aliphatic carbocycles. The Morgan fingerprint density at radius 1 is 1.48 bits per heavy atom. The Morgan fingerprint density at radius 3 is 2.94 bits per heavy atom. The van der Waals surface area contributed by atoms with Gasteiger partial charge in [-0.1, -0.05) is 13.0 Å². The molecule has 2 bridgehead atoms. The van der Waals surface area contributed by atoms with Crippen LogP contribution in [0.1, 0.15) is 61.0 Å². The Balaban J connectivity index is 1.66. The number of aromatic nitrogens is 2. The van der Waals surface area contributed by atoms with Crippen molar-refractivity contribution in [3.05, 3.63) is 51.5 Å². The van der Waals surface area contributed by atoms with Gasteiger partial charge in [0.15, 0.2) is 0 Å². The number of allylic oxidation sites excluding steroid dienone is 3. The molecular weight excluding hydrogens is 403 g/mol. The summed E-state index contributed by atoms with van der Waals surface area (Å²) >= 11 is 0. The summed E-state index contributed by atoms with van der Waals surface area (Å²) in [5, 5.41) is 12.7. The number of rotatable bonds is 4. The minimum atomic E-state index is -0.967. The van der Waals surface area contributed by atoms with Crippen molar-refractivity contribution in [2.24, 2.45) is 17.6 Å². The lowest BCUT2D eigenvalue weighted by Crippen LogP contribution is -2.48. The number of aliphatic hydroxyl groups excluding tert-OH is 1. The Kier molecular flexibility index (Phi) is 5.85. The molecule has 0 spiro atoms. The van der Waals surface area contributed by atoms with Gasteiger partial charge in [-0.05, 0) is 50.2 Å². The van der Waals surface area contributed by atoms with Crippen LogP contribution in [0.5, 0.6) is 0 Å². The zero-order valence-electron chi connectivity index (χ0n) is 17.8. The van der Waals surface area contributed by atoms with Gasteiger partial charge in [0.1, 0.15) is 17.3 Å². The molecule has 0 aromatic carbocycles. The van der Waals surface area contributed by atoms with E-state index >= 15 is 0 Å². The van der Waals surface area contributed by atoms with Crippen LogP contribution in [0.4, 0.5) is 4.39 Å². The van der Waals surface area contributed by atoms with Crippen LogP contribution in [-0.4, -0.2) is 39.8 Å². The van der Waals surface area contributed by atoms with Gasteiger partial charge in [0.2, 0.25) is 0 Å². The average Bonchev–Trinajstić information content (AvgIpc) is 3.02. The molecule has 4 N–H and O–H groups in total. The minimum absolute atomic E-state index is 0.0600. The van der Waals surface area contributed by atoms with E-state index in [0.717, 1.165) is 0 Å². The lowest BCUT2D eigenvalue weighted by atomic mass is 9.91. The molecule has 3 aliphatic heterocycles. The third-order valence-electron chi connectivity index (χ3n) is 6.82. The minimum Gasteiger partial charge on any atom is -0.391 e. The van der Waals surface area contributed by atoms with E-state index in [9.17, 15) is 19.1 Å². The first kappa shape index (κ1) is 21.9. The monoisotopic (exact) mass is 432 g/mol. The lowest BCUT2D eigenvalue weighted by molar-refractivity contribution is -0.0355. The number of hydrogen-bond donors (Lipinski definition) is 3. The zero-order chi connectivity index (χ0) is 22.3. The highest BCUT2D eigenvalue weighted by Gasteiger charge is 2.45. The van der Waals surface area contributed by atoms with Crippen molar-refractivity contribution in [3.8, 4) is 0 Å². The van der Waals surface area contributed by atoms with Crippen LogP contribution in [-0.2, 0) is 16.9 Å². The predicted molar refractivity (Wildman–Crippen MR) is 112 cm³/mol. The molecule has 5 unspecified atom stereocenters. The summed E-state index contributed by atoms with van der Waals surface area (Å²) in [7, 11) is 0. The van der Waals surface area contributed by atoms with Crippen molar-refractivity contribution in [3.63, 3.8) is 0 Å². The molecule has 5 atom stereocenters. The number of aliphatic hydroxyl groups is 1. The molecule has 0 saturated carbocycles. The van der Waals surface area contributed by atoms with Gasteiger partial charge in [0.05, 0.1) is 36.5 Å². The molecular formula is C22H29FN4O4. The molecule has 5 rings (SSSR count). The second kappa shape index (κ2) is 8.29. The van der Waals surface area contributed by atoms with E-state index in [-0.39, 0.29) is 54.2 Å². The lowest BCUT2D eigenvalue weighted by Gasteiger charge is -2.32.